The quantitative estimate of drug-likeness (QED) is 0.680. The first-order valence-electron chi connectivity index (χ1n) is 6.06. The van der Waals surface area contributed by atoms with Gasteiger partial charge in [-0.25, -0.2) is 0 Å². The summed E-state index contributed by atoms with van der Waals surface area (Å²) in [4.78, 5) is 0. The van der Waals surface area contributed by atoms with Crippen LogP contribution < -0.4 is 5.32 Å². The first-order chi connectivity index (χ1) is 6.77. The molecule has 0 aromatic rings. The summed E-state index contributed by atoms with van der Waals surface area (Å²) in [5.74, 6) is 0.969. The average Bonchev–Trinajstić information content (AvgIpc) is 2.11. The van der Waals surface area contributed by atoms with Crippen LogP contribution in [-0.4, -0.2) is 25.8 Å². The standard InChI is InChI=1S/C12H25NO/c1-4-12(13-3)10(2)14-9-8-11-6-5-7-11/h10-13H,4-9H2,1-3H3. The molecule has 1 N–H and O–H groups in total. The molecule has 1 aliphatic rings. The lowest BCUT2D eigenvalue weighted by atomic mass is 9.83. The number of nitrogens with one attached hydrogen (secondary N) is 1. The summed E-state index contributed by atoms with van der Waals surface area (Å²) in [5.41, 5.74) is 0. The smallest absolute Gasteiger partial charge is 0.0699 e. The molecule has 0 amide bonds. The molecule has 1 saturated carbocycles. The summed E-state index contributed by atoms with van der Waals surface area (Å²) in [7, 11) is 2.01. The summed E-state index contributed by atoms with van der Waals surface area (Å²) >= 11 is 0. The van der Waals surface area contributed by atoms with E-state index in [1.54, 1.807) is 0 Å². The van der Waals surface area contributed by atoms with Crippen LogP contribution in [0.2, 0.25) is 0 Å². The second-order valence-corrected chi connectivity index (χ2v) is 4.46. The minimum Gasteiger partial charge on any atom is -0.377 e. The molecule has 1 aliphatic carbocycles. The molecule has 0 heterocycles. The van der Waals surface area contributed by atoms with Crippen LogP contribution in [0, 0.1) is 5.92 Å². The molecular weight excluding hydrogens is 174 g/mol. The van der Waals surface area contributed by atoms with E-state index in [1.165, 1.54) is 25.7 Å². The molecule has 0 spiro atoms. The summed E-state index contributed by atoms with van der Waals surface area (Å²) in [5, 5.41) is 3.29. The van der Waals surface area contributed by atoms with Crippen LogP contribution in [0.25, 0.3) is 0 Å². The number of hydrogen-bond donors (Lipinski definition) is 1. The van der Waals surface area contributed by atoms with E-state index >= 15 is 0 Å². The van der Waals surface area contributed by atoms with Crippen molar-refractivity contribution < 1.29 is 4.74 Å². The highest BCUT2D eigenvalue weighted by Gasteiger charge is 2.18. The molecule has 2 atom stereocenters. The van der Waals surface area contributed by atoms with Crippen LogP contribution in [0.1, 0.15) is 46.0 Å². The van der Waals surface area contributed by atoms with Crippen molar-refractivity contribution in [3.63, 3.8) is 0 Å². The van der Waals surface area contributed by atoms with Crippen molar-refractivity contribution in [2.24, 2.45) is 5.92 Å². The highest BCUT2D eigenvalue weighted by Crippen LogP contribution is 2.29. The molecule has 1 rings (SSSR count). The Balaban J connectivity index is 2.03. The number of ether oxygens (including phenoxy) is 1. The number of likely N-dealkylation sites (N-methyl/N-ethyl adjacent to an activating group) is 1. The van der Waals surface area contributed by atoms with Crippen molar-refractivity contribution in [2.75, 3.05) is 13.7 Å². The third kappa shape index (κ3) is 3.58. The van der Waals surface area contributed by atoms with Gasteiger partial charge < -0.3 is 10.1 Å². The Kier molecular flexibility index (Phi) is 5.49. The minimum atomic E-state index is 0.352. The first-order valence-corrected chi connectivity index (χ1v) is 6.06. The molecule has 2 heteroatoms. The lowest BCUT2D eigenvalue weighted by Gasteiger charge is -2.27. The Morgan fingerprint density at radius 1 is 1.43 bits per heavy atom. The minimum absolute atomic E-state index is 0.352. The van der Waals surface area contributed by atoms with Gasteiger partial charge in [0.25, 0.3) is 0 Å². The van der Waals surface area contributed by atoms with Crippen molar-refractivity contribution in [3.8, 4) is 0 Å². The van der Waals surface area contributed by atoms with E-state index in [1.807, 2.05) is 7.05 Å². The SMILES string of the molecule is CCC(NC)C(C)OCCC1CCC1. The monoisotopic (exact) mass is 199 g/mol. The van der Waals surface area contributed by atoms with Gasteiger partial charge in [-0.15, -0.1) is 0 Å². The third-order valence-corrected chi connectivity index (χ3v) is 3.51. The van der Waals surface area contributed by atoms with E-state index in [0.717, 1.165) is 18.9 Å². The highest BCUT2D eigenvalue weighted by molar-refractivity contribution is 4.72. The molecule has 0 saturated heterocycles. The zero-order valence-electron chi connectivity index (χ0n) is 9.88. The summed E-state index contributed by atoms with van der Waals surface area (Å²) in [6, 6.07) is 0.511. The number of hydrogen-bond acceptors (Lipinski definition) is 2. The van der Waals surface area contributed by atoms with Gasteiger partial charge in [-0.1, -0.05) is 26.2 Å². The van der Waals surface area contributed by atoms with Gasteiger partial charge in [-0.2, -0.15) is 0 Å². The molecule has 0 radical (unpaired) electrons. The highest BCUT2D eigenvalue weighted by atomic mass is 16.5. The van der Waals surface area contributed by atoms with Gasteiger partial charge in [0.15, 0.2) is 0 Å². The van der Waals surface area contributed by atoms with Crippen molar-refractivity contribution in [1.29, 1.82) is 0 Å². The summed E-state index contributed by atoms with van der Waals surface area (Å²) < 4.78 is 5.83. The second kappa shape index (κ2) is 6.41. The van der Waals surface area contributed by atoms with Crippen LogP contribution in [0.4, 0.5) is 0 Å². The largest absolute Gasteiger partial charge is 0.377 e. The predicted octanol–water partition coefficient (Wildman–Crippen LogP) is 2.58. The van der Waals surface area contributed by atoms with Crippen LogP contribution in [0.15, 0.2) is 0 Å². The second-order valence-electron chi connectivity index (χ2n) is 4.46. The fourth-order valence-corrected chi connectivity index (χ4v) is 2.09. The van der Waals surface area contributed by atoms with Gasteiger partial charge in [0, 0.05) is 12.6 Å². The zero-order valence-corrected chi connectivity index (χ0v) is 9.88. The van der Waals surface area contributed by atoms with E-state index in [2.05, 4.69) is 19.2 Å². The van der Waals surface area contributed by atoms with Crippen molar-refractivity contribution >= 4 is 0 Å². The number of rotatable bonds is 7. The summed E-state index contributed by atoms with van der Waals surface area (Å²) in [6.45, 7) is 5.32. The maximum atomic E-state index is 5.83. The molecule has 2 unspecified atom stereocenters. The first kappa shape index (κ1) is 12.0. The van der Waals surface area contributed by atoms with Crippen molar-refractivity contribution in [1.82, 2.24) is 5.32 Å². The van der Waals surface area contributed by atoms with Gasteiger partial charge in [0.1, 0.15) is 0 Å². The summed E-state index contributed by atoms with van der Waals surface area (Å²) in [6.07, 6.45) is 7.06. The van der Waals surface area contributed by atoms with Gasteiger partial charge >= 0.3 is 0 Å². The molecule has 0 aromatic heterocycles. The molecule has 0 bridgehead atoms. The fourth-order valence-electron chi connectivity index (χ4n) is 2.09. The molecule has 14 heavy (non-hydrogen) atoms. The van der Waals surface area contributed by atoms with E-state index in [-0.39, 0.29) is 0 Å². The maximum absolute atomic E-state index is 5.83. The van der Waals surface area contributed by atoms with Gasteiger partial charge in [0.2, 0.25) is 0 Å². The molecule has 0 aromatic carbocycles. The lowest BCUT2D eigenvalue weighted by Crippen LogP contribution is -2.37. The molecule has 0 aliphatic heterocycles. The molecular formula is C12H25NO. The lowest BCUT2D eigenvalue weighted by molar-refractivity contribution is 0.0265. The van der Waals surface area contributed by atoms with Crippen LogP contribution in [0.3, 0.4) is 0 Å². The van der Waals surface area contributed by atoms with Crippen molar-refractivity contribution in [3.05, 3.63) is 0 Å². The van der Waals surface area contributed by atoms with Gasteiger partial charge in [-0.05, 0) is 32.7 Å². The zero-order chi connectivity index (χ0) is 10.4. The Morgan fingerprint density at radius 3 is 2.57 bits per heavy atom. The predicted molar refractivity (Wildman–Crippen MR) is 60.5 cm³/mol. The van der Waals surface area contributed by atoms with E-state index < -0.39 is 0 Å². The van der Waals surface area contributed by atoms with Crippen LogP contribution >= 0.6 is 0 Å². The Labute approximate surface area is 88.4 Å². The Bertz CT molecular complexity index is 141. The topological polar surface area (TPSA) is 21.3 Å². The molecule has 1 fully saturated rings. The Hall–Kier alpha value is -0.0800. The van der Waals surface area contributed by atoms with E-state index in [0.29, 0.717) is 12.1 Å². The van der Waals surface area contributed by atoms with E-state index in [4.69, 9.17) is 4.74 Å². The fraction of sp³-hybridized carbons (Fsp3) is 1.00. The Morgan fingerprint density at radius 2 is 2.14 bits per heavy atom. The van der Waals surface area contributed by atoms with Crippen molar-refractivity contribution in [2.45, 2.75) is 58.1 Å². The molecule has 84 valence electrons. The molecule has 2 nitrogen and oxygen atoms in total. The average molecular weight is 199 g/mol. The normalized spacial score (nSPS) is 21.6. The van der Waals surface area contributed by atoms with Gasteiger partial charge in [-0.3, -0.25) is 0 Å². The van der Waals surface area contributed by atoms with E-state index in [9.17, 15) is 0 Å². The third-order valence-electron chi connectivity index (χ3n) is 3.51. The van der Waals surface area contributed by atoms with Crippen LogP contribution in [0.5, 0.6) is 0 Å². The van der Waals surface area contributed by atoms with Gasteiger partial charge in [0.05, 0.1) is 6.10 Å². The van der Waals surface area contributed by atoms with Crippen LogP contribution in [-0.2, 0) is 4.74 Å². The maximum Gasteiger partial charge on any atom is 0.0699 e.